The lowest BCUT2D eigenvalue weighted by atomic mass is 10.1. The fourth-order valence-electron chi connectivity index (χ4n) is 3.29. The van der Waals surface area contributed by atoms with Crippen molar-refractivity contribution in [3.8, 4) is 17.4 Å². The number of methoxy groups -OCH3 is 2. The lowest BCUT2D eigenvalue weighted by molar-refractivity contribution is 0.308. The third kappa shape index (κ3) is 4.59. The summed E-state index contributed by atoms with van der Waals surface area (Å²) in [6.45, 7) is 4.84. The maximum Gasteiger partial charge on any atom is 0.215 e. The maximum absolute atomic E-state index is 5.94. The Labute approximate surface area is 155 Å². The zero-order chi connectivity index (χ0) is 18.4. The Morgan fingerprint density at radius 3 is 2.46 bits per heavy atom. The predicted molar refractivity (Wildman–Crippen MR) is 104 cm³/mol. The molecule has 5 heteroatoms. The van der Waals surface area contributed by atoms with Crippen molar-refractivity contribution in [2.75, 3.05) is 38.8 Å². The van der Waals surface area contributed by atoms with Crippen LogP contribution in [0.15, 0.2) is 30.3 Å². The average Bonchev–Trinajstić information content (AvgIpc) is 2.68. The normalized spacial score (nSPS) is 14.2. The SMILES string of the molecule is COc1ccc(CCOc2cc(C)cc(N3CCCCC3)n2)cc1OC. The van der Waals surface area contributed by atoms with Crippen LogP contribution in [0.3, 0.4) is 0 Å². The molecule has 1 saturated heterocycles. The number of aromatic nitrogens is 1. The lowest BCUT2D eigenvalue weighted by Gasteiger charge is -2.28. The van der Waals surface area contributed by atoms with E-state index in [0.29, 0.717) is 12.5 Å². The van der Waals surface area contributed by atoms with E-state index >= 15 is 0 Å². The summed E-state index contributed by atoms with van der Waals surface area (Å²) in [6.07, 6.45) is 4.59. The molecular weight excluding hydrogens is 328 g/mol. The fourth-order valence-corrected chi connectivity index (χ4v) is 3.29. The smallest absolute Gasteiger partial charge is 0.215 e. The molecule has 140 valence electrons. The fraction of sp³-hybridized carbons (Fsp3) is 0.476. The third-order valence-corrected chi connectivity index (χ3v) is 4.70. The molecule has 1 aliphatic rings. The Balaban J connectivity index is 1.62. The van der Waals surface area contributed by atoms with Gasteiger partial charge in [0.15, 0.2) is 11.5 Å². The number of aryl methyl sites for hydroxylation is 1. The first-order chi connectivity index (χ1) is 12.7. The molecule has 1 aliphatic heterocycles. The van der Waals surface area contributed by atoms with Crippen LogP contribution >= 0.6 is 0 Å². The highest BCUT2D eigenvalue weighted by atomic mass is 16.5. The van der Waals surface area contributed by atoms with E-state index < -0.39 is 0 Å². The summed E-state index contributed by atoms with van der Waals surface area (Å²) in [6, 6.07) is 10.1. The van der Waals surface area contributed by atoms with Crippen LogP contribution in [0, 0.1) is 6.92 Å². The Morgan fingerprint density at radius 1 is 0.962 bits per heavy atom. The summed E-state index contributed by atoms with van der Waals surface area (Å²) in [5, 5.41) is 0. The van der Waals surface area contributed by atoms with Gasteiger partial charge in [-0.05, 0) is 55.5 Å². The average molecular weight is 356 g/mol. The zero-order valence-electron chi connectivity index (χ0n) is 16.0. The van der Waals surface area contributed by atoms with Crippen LogP contribution in [0.25, 0.3) is 0 Å². The number of nitrogens with zero attached hydrogens (tertiary/aromatic N) is 2. The van der Waals surface area contributed by atoms with Gasteiger partial charge in [0, 0.05) is 25.6 Å². The summed E-state index contributed by atoms with van der Waals surface area (Å²) >= 11 is 0. The molecule has 26 heavy (non-hydrogen) atoms. The Hall–Kier alpha value is -2.43. The molecule has 1 aromatic heterocycles. The van der Waals surface area contributed by atoms with Crippen molar-refractivity contribution in [1.82, 2.24) is 4.98 Å². The lowest BCUT2D eigenvalue weighted by Crippen LogP contribution is -2.30. The van der Waals surface area contributed by atoms with E-state index in [0.717, 1.165) is 42.4 Å². The van der Waals surface area contributed by atoms with Gasteiger partial charge in [0.2, 0.25) is 5.88 Å². The molecule has 0 atom stereocenters. The minimum atomic E-state index is 0.575. The second-order valence-corrected chi connectivity index (χ2v) is 6.68. The molecule has 0 spiro atoms. The molecular formula is C21H28N2O3. The van der Waals surface area contributed by atoms with Gasteiger partial charge in [-0.25, -0.2) is 0 Å². The molecule has 2 aromatic rings. The first kappa shape index (κ1) is 18.4. The quantitative estimate of drug-likeness (QED) is 0.750. The van der Waals surface area contributed by atoms with E-state index in [1.807, 2.05) is 24.3 Å². The molecule has 3 rings (SSSR count). The van der Waals surface area contributed by atoms with Crippen LogP contribution in [-0.2, 0) is 6.42 Å². The monoisotopic (exact) mass is 356 g/mol. The van der Waals surface area contributed by atoms with Gasteiger partial charge in [0.05, 0.1) is 20.8 Å². The summed E-state index contributed by atoms with van der Waals surface area (Å²) in [5.41, 5.74) is 2.33. The van der Waals surface area contributed by atoms with E-state index in [4.69, 9.17) is 19.2 Å². The number of anilines is 1. The van der Waals surface area contributed by atoms with E-state index in [1.165, 1.54) is 24.8 Å². The first-order valence-electron chi connectivity index (χ1n) is 9.27. The second kappa shape index (κ2) is 8.79. The highest BCUT2D eigenvalue weighted by Gasteiger charge is 2.13. The van der Waals surface area contributed by atoms with Crippen LogP contribution in [0.2, 0.25) is 0 Å². The van der Waals surface area contributed by atoms with E-state index in [-0.39, 0.29) is 0 Å². The van der Waals surface area contributed by atoms with Crippen molar-refractivity contribution in [3.63, 3.8) is 0 Å². The van der Waals surface area contributed by atoms with Gasteiger partial charge in [-0.2, -0.15) is 4.98 Å². The molecule has 0 amide bonds. The van der Waals surface area contributed by atoms with Gasteiger partial charge < -0.3 is 19.1 Å². The van der Waals surface area contributed by atoms with Crippen molar-refractivity contribution in [2.45, 2.75) is 32.6 Å². The minimum Gasteiger partial charge on any atom is -0.493 e. The predicted octanol–water partition coefficient (Wildman–Crippen LogP) is 4.02. The molecule has 0 aliphatic carbocycles. The number of ether oxygens (including phenoxy) is 3. The molecule has 0 N–H and O–H groups in total. The van der Waals surface area contributed by atoms with E-state index in [2.05, 4.69) is 17.9 Å². The highest BCUT2D eigenvalue weighted by molar-refractivity contribution is 5.44. The van der Waals surface area contributed by atoms with Crippen LogP contribution in [-0.4, -0.2) is 38.9 Å². The van der Waals surface area contributed by atoms with Crippen molar-refractivity contribution in [1.29, 1.82) is 0 Å². The van der Waals surface area contributed by atoms with Crippen LogP contribution < -0.4 is 19.1 Å². The number of piperidine rings is 1. The van der Waals surface area contributed by atoms with Crippen LogP contribution in [0.1, 0.15) is 30.4 Å². The minimum absolute atomic E-state index is 0.575. The number of pyridine rings is 1. The van der Waals surface area contributed by atoms with E-state index in [9.17, 15) is 0 Å². The second-order valence-electron chi connectivity index (χ2n) is 6.68. The van der Waals surface area contributed by atoms with Gasteiger partial charge in [-0.3, -0.25) is 0 Å². The largest absolute Gasteiger partial charge is 0.493 e. The van der Waals surface area contributed by atoms with Crippen molar-refractivity contribution >= 4 is 5.82 Å². The molecule has 5 nitrogen and oxygen atoms in total. The highest BCUT2D eigenvalue weighted by Crippen LogP contribution is 2.28. The van der Waals surface area contributed by atoms with Gasteiger partial charge in [0.25, 0.3) is 0 Å². The Bertz CT molecular complexity index is 727. The number of hydrogen-bond donors (Lipinski definition) is 0. The molecule has 0 bridgehead atoms. The van der Waals surface area contributed by atoms with Crippen molar-refractivity contribution in [2.24, 2.45) is 0 Å². The molecule has 1 fully saturated rings. The zero-order valence-corrected chi connectivity index (χ0v) is 16.0. The Kier molecular flexibility index (Phi) is 6.21. The van der Waals surface area contributed by atoms with Gasteiger partial charge >= 0.3 is 0 Å². The number of hydrogen-bond acceptors (Lipinski definition) is 5. The standard InChI is InChI=1S/C21H28N2O3/c1-16-13-20(23-10-5-4-6-11-23)22-21(14-16)26-12-9-17-7-8-18(24-2)19(15-17)25-3/h7-8,13-15H,4-6,9-12H2,1-3H3. The summed E-state index contributed by atoms with van der Waals surface area (Å²) < 4.78 is 16.6. The Morgan fingerprint density at radius 2 is 1.73 bits per heavy atom. The maximum atomic E-state index is 5.94. The molecule has 0 radical (unpaired) electrons. The van der Waals surface area contributed by atoms with Crippen molar-refractivity contribution in [3.05, 3.63) is 41.5 Å². The molecule has 1 aromatic carbocycles. The number of rotatable bonds is 7. The third-order valence-electron chi connectivity index (χ3n) is 4.70. The molecule has 0 saturated carbocycles. The van der Waals surface area contributed by atoms with Crippen LogP contribution in [0.4, 0.5) is 5.82 Å². The summed E-state index contributed by atoms with van der Waals surface area (Å²) in [4.78, 5) is 7.07. The van der Waals surface area contributed by atoms with Gasteiger partial charge in [0.1, 0.15) is 5.82 Å². The van der Waals surface area contributed by atoms with Gasteiger partial charge in [-0.1, -0.05) is 6.07 Å². The topological polar surface area (TPSA) is 43.8 Å². The van der Waals surface area contributed by atoms with Crippen molar-refractivity contribution < 1.29 is 14.2 Å². The first-order valence-corrected chi connectivity index (χ1v) is 9.27. The summed E-state index contributed by atoms with van der Waals surface area (Å²) in [5.74, 6) is 3.21. The summed E-state index contributed by atoms with van der Waals surface area (Å²) in [7, 11) is 3.29. The van der Waals surface area contributed by atoms with E-state index in [1.54, 1.807) is 14.2 Å². The molecule has 2 heterocycles. The van der Waals surface area contributed by atoms with Crippen LogP contribution in [0.5, 0.6) is 17.4 Å². The number of benzene rings is 1. The van der Waals surface area contributed by atoms with Gasteiger partial charge in [-0.15, -0.1) is 0 Å². The molecule has 0 unspecified atom stereocenters.